The molecule has 1 unspecified atom stereocenters. The first-order valence-corrected chi connectivity index (χ1v) is 7.13. The SMILES string of the molecule is CC(C)C(CNCC1(C)COC1)N1CCCC1. The average Bonchev–Trinajstić information content (AvgIpc) is 2.74. The van der Waals surface area contributed by atoms with E-state index in [0.717, 1.165) is 32.2 Å². The summed E-state index contributed by atoms with van der Waals surface area (Å²) in [4.78, 5) is 2.66. The maximum Gasteiger partial charge on any atom is 0.0554 e. The molecule has 2 aliphatic heterocycles. The van der Waals surface area contributed by atoms with Crippen molar-refractivity contribution in [2.24, 2.45) is 11.3 Å². The van der Waals surface area contributed by atoms with E-state index in [0.29, 0.717) is 11.5 Å². The Morgan fingerprint density at radius 3 is 2.35 bits per heavy atom. The number of nitrogens with zero attached hydrogens (tertiary/aromatic N) is 1. The molecule has 0 spiro atoms. The minimum absolute atomic E-state index is 0.395. The highest BCUT2D eigenvalue weighted by Gasteiger charge is 2.33. The van der Waals surface area contributed by atoms with Gasteiger partial charge < -0.3 is 10.1 Å². The van der Waals surface area contributed by atoms with E-state index < -0.39 is 0 Å². The Bertz CT molecular complexity index is 232. The lowest BCUT2D eigenvalue weighted by atomic mass is 9.88. The van der Waals surface area contributed by atoms with Crippen LogP contribution in [0.3, 0.4) is 0 Å². The molecule has 3 heteroatoms. The Morgan fingerprint density at radius 2 is 1.88 bits per heavy atom. The van der Waals surface area contributed by atoms with Crippen LogP contribution in [0.5, 0.6) is 0 Å². The summed E-state index contributed by atoms with van der Waals surface area (Å²) in [5.41, 5.74) is 0.395. The van der Waals surface area contributed by atoms with E-state index in [4.69, 9.17) is 4.74 Å². The van der Waals surface area contributed by atoms with Gasteiger partial charge in [-0.1, -0.05) is 20.8 Å². The predicted molar refractivity (Wildman–Crippen MR) is 71.2 cm³/mol. The van der Waals surface area contributed by atoms with Crippen molar-refractivity contribution in [2.45, 2.75) is 39.7 Å². The van der Waals surface area contributed by atoms with Gasteiger partial charge in [0.05, 0.1) is 13.2 Å². The summed E-state index contributed by atoms with van der Waals surface area (Å²) >= 11 is 0. The zero-order valence-corrected chi connectivity index (χ0v) is 11.7. The van der Waals surface area contributed by atoms with E-state index in [1.54, 1.807) is 0 Å². The molecule has 2 heterocycles. The zero-order chi connectivity index (χ0) is 12.3. The van der Waals surface area contributed by atoms with Crippen molar-refractivity contribution in [3.8, 4) is 0 Å². The minimum Gasteiger partial charge on any atom is -0.380 e. The summed E-state index contributed by atoms with van der Waals surface area (Å²) in [5.74, 6) is 0.742. The fourth-order valence-corrected chi connectivity index (χ4v) is 2.93. The molecule has 2 rings (SSSR count). The van der Waals surface area contributed by atoms with Crippen LogP contribution >= 0.6 is 0 Å². The first kappa shape index (κ1) is 13.3. The standard InChI is InChI=1S/C14H28N2O/c1-12(2)13(16-6-4-5-7-16)8-15-9-14(3)10-17-11-14/h12-13,15H,4-11H2,1-3H3. The number of rotatable bonds is 6. The summed E-state index contributed by atoms with van der Waals surface area (Å²) in [5, 5.41) is 3.66. The molecule has 3 nitrogen and oxygen atoms in total. The van der Waals surface area contributed by atoms with E-state index in [2.05, 4.69) is 31.0 Å². The molecule has 2 fully saturated rings. The summed E-state index contributed by atoms with van der Waals surface area (Å²) in [6.07, 6.45) is 2.77. The Kier molecular flexibility index (Phi) is 4.45. The van der Waals surface area contributed by atoms with Crippen LogP contribution in [0.4, 0.5) is 0 Å². The molecule has 0 aliphatic carbocycles. The van der Waals surface area contributed by atoms with Gasteiger partial charge in [-0.3, -0.25) is 4.90 Å². The van der Waals surface area contributed by atoms with Gasteiger partial charge in [0.2, 0.25) is 0 Å². The average molecular weight is 240 g/mol. The summed E-state index contributed by atoms with van der Waals surface area (Å²) in [6.45, 7) is 13.7. The molecule has 0 aromatic carbocycles. The lowest BCUT2D eigenvalue weighted by Crippen LogP contribution is -2.51. The van der Waals surface area contributed by atoms with Gasteiger partial charge in [0, 0.05) is 24.5 Å². The molecule has 0 saturated carbocycles. The second-order valence-corrected chi connectivity index (χ2v) is 6.49. The normalized spacial score (nSPS) is 26.1. The van der Waals surface area contributed by atoms with E-state index >= 15 is 0 Å². The summed E-state index contributed by atoms with van der Waals surface area (Å²) in [6, 6.07) is 0.710. The third kappa shape index (κ3) is 3.43. The van der Waals surface area contributed by atoms with Gasteiger partial charge >= 0.3 is 0 Å². The number of ether oxygens (including phenoxy) is 1. The topological polar surface area (TPSA) is 24.5 Å². The van der Waals surface area contributed by atoms with Gasteiger partial charge in [0.15, 0.2) is 0 Å². The highest BCUT2D eigenvalue weighted by atomic mass is 16.5. The maximum atomic E-state index is 5.29. The van der Waals surface area contributed by atoms with Crippen molar-refractivity contribution in [1.82, 2.24) is 10.2 Å². The predicted octanol–water partition coefficient (Wildman–Crippen LogP) is 1.73. The van der Waals surface area contributed by atoms with E-state index in [-0.39, 0.29) is 0 Å². The lowest BCUT2D eigenvalue weighted by Gasteiger charge is -2.39. The maximum absolute atomic E-state index is 5.29. The molecule has 1 atom stereocenters. The molecule has 100 valence electrons. The Balaban J connectivity index is 1.73. The third-order valence-electron chi connectivity index (χ3n) is 4.19. The van der Waals surface area contributed by atoms with Crippen LogP contribution < -0.4 is 5.32 Å². The molecular weight excluding hydrogens is 212 g/mol. The van der Waals surface area contributed by atoms with Crippen LogP contribution in [0.2, 0.25) is 0 Å². The highest BCUT2D eigenvalue weighted by molar-refractivity contribution is 4.85. The molecule has 1 N–H and O–H groups in total. The van der Waals surface area contributed by atoms with Gasteiger partial charge in [-0.15, -0.1) is 0 Å². The molecule has 0 amide bonds. The molecule has 0 aromatic heterocycles. The van der Waals surface area contributed by atoms with Crippen molar-refractivity contribution in [3.05, 3.63) is 0 Å². The second kappa shape index (κ2) is 5.68. The van der Waals surface area contributed by atoms with Crippen molar-refractivity contribution < 1.29 is 4.74 Å². The van der Waals surface area contributed by atoms with Crippen LogP contribution in [-0.2, 0) is 4.74 Å². The van der Waals surface area contributed by atoms with Crippen molar-refractivity contribution in [3.63, 3.8) is 0 Å². The van der Waals surface area contributed by atoms with Crippen molar-refractivity contribution in [2.75, 3.05) is 39.4 Å². The van der Waals surface area contributed by atoms with Crippen LogP contribution in [-0.4, -0.2) is 50.3 Å². The van der Waals surface area contributed by atoms with Gasteiger partial charge in [-0.25, -0.2) is 0 Å². The van der Waals surface area contributed by atoms with Crippen molar-refractivity contribution >= 4 is 0 Å². The number of hydrogen-bond acceptors (Lipinski definition) is 3. The molecule has 0 aromatic rings. The summed E-state index contributed by atoms with van der Waals surface area (Å²) in [7, 11) is 0. The van der Waals surface area contributed by atoms with Crippen LogP contribution in [0.1, 0.15) is 33.6 Å². The molecule has 2 saturated heterocycles. The molecule has 0 bridgehead atoms. The Morgan fingerprint density at radius 1 is 1.24 bits per heavy atom. The largest absolute Gasteiger partial charge is 0.380 e. The van der Waals surface area contributed by atoms with E-state index in [1.807, 2.05) is 0 Å². The molecular formula is C14H28N2O. The molecule has 0 radical (unpaired) electrons. The number of nitrogens with one attached hydrogen (secondary N) is 1. The Hall–Kier alpha value is -0.120. The highest BCUT2D eigenvalue weighted by Crippen LogP contribution is 2.25. The van der Waals surface area contributed by atoms with E-state index in [1.165, 1.54) is 25.9 Å². The van der Waals surface area contributed by atoms with Crippen LogP contribution in [0.15, 0.2) is 0 Å². The summed E-state index contributed by atoms with van der Waals surface area (Å²) < 4.78 is 5.29. The lowest BCUT2D eigenvalue weighted by molar-refractivity contribution is -0.0994. The molecule has 17 heavy (non-hydrogen) atoms. The van der Waals surface area contributed by atoms with E-state index in [9.17, 15) is 0 Å². The van der Waals surface area contributed by atoms with Crippen LogP contribution in [0.25, 0.3) is 0 Å². The van der Waals surface area contributed by atoms with Gasteiger partial charge in [0.25, 0.3) is 0 Å². The van der Waals surface area contributed by atoms with Gasteiger partial charge in [-0.2, -0.15) is 0 Å². The van der Waals surface area contributed by atoms with Crippen LogP contribution in [0, 0.1) is 11.3 Å². The number of hydrogen-bond donors (Lipinski definition) is 1. The number of likely N-dealkylation sites (tertiary alicyclic amines) is 1. The quantitative estimate of drug-likeness (QED) is 0.765. The van der Waals surface area contributed by atoms with Crippen molar-refractivity contribution in [1.29, 1.82) is 0 Å². The monoisotopic (exact) mass is 240 g/mol. The third-order valence-corrected chi connectivity index (χ3v) is 4.19. The smallest absolute Gasteiger partial charge is 0.0554 e. The Labute approximate surface area is 106 Å². The second-order valence-electron chi connectivity index (χ2n) is 6.49. The first-order chi connectivity index (χ1) is 8.11. The fraction of sp³-hybridized carbons (Fsp3) is 1.00. The fourth-order valence-electron chi connectivity index (χ4n) is 2.93. The minimum atomic E-state index is 0.395. The first-order valence-electron chi connectivity index (χ1n) is 7.13. The van der Waals surface area contributed by atoms with Gasteiger partial charge in [-0.05, 0) is 31.8 Å². The van der Waals surface area contributed by atoms with Gasteiger partial charge in [0.1, 0.15) is 0 Å². The zero-order valence-electron chi connectivity index (χ0n) is 11.7. The molecule has 2 aliphatic rings.